The van der Waals surface area contributed by atoms with E-state index in [1.165, 1.54) is 31.4 Å². The van der Waals surface area contributed by atoms with Gasteiger partial charge in [-0.1, -0.05) is 65.0 Å². The van der Waals surface area contributed by atoms with Crippen molar-refractivity contribution in [3.63, 3.8) is 0 Å². The zero-order valence-electron chi connectivity index (χ0n) is 32.2. The number of nitrogens with zero attached hydrogens (tertiary/aromatic N) is 3. The Morgan fingerprint density at radius 1 is 1.08 bits per heavy atom. The average molecular weight is 723 g/mol. The molecular formula is C42H63FN4O5. The highest BCUT2D eigenvalue weighted by atomic mass is 19.1. The molecule has 2 aromatic rings. The lowest BCUT2D eigenvalue weighted by atomic mass is 9.45. The fraction of sp³-hybridized carbons (Fsp3) is 0.690. The van der Waals surface area contributed by atoms with Crippen LogP contribution >= 0.6 is 0 Å². The number of benzene rings is 2. The third kappa shape index (κ3) is 8.37. The number of hydrogen-bond acceptors (Lipinski definition) is 8. The summed E-state index contributed by atoms with van der Waals surface area (Å²) in [5.41, 5.74) is 2.57. The minimum atomic E-state index is -0.864. The molecule has 52 heavy (non-hydrogen) atoms. The largest absolute Gasteiger partial charge is 0.508 e. The van der Waals surface area contributed by atoms with Crippen LogP contribution in [0.15, 0.2) is 42.5 Å². The molecule has 2 bridgehead atoms. The van der Waals surface area contributed by atoms with Crippen molar-refractivity contribution in [2.24, 2.45) is 35.0 Å². The van der Waals surface area contributed by atoms with Gasteiger partial charge in [0.25, 0.3) is 0 Å². The summed E-state index contributed by atoms with van der Waals surface area (Å²) in [5.74, 6) is 0.753. The van der Waals surface area contributed by atoms with Gasteiger partial charge in [0.2, 0.25) is 5.91 Å². The number of phenolic OH excluding ortho intramolecular Hbond substituents is 1. The Bertz CT molecular complexity index is 1490. The van der Waals surface area contributed by atoms with Gasteiger partial charge in [-0.05, 0) is 104 Å². The number of fused-ring (bicyclic) bond motifs is 2. The summed E-state index contributed by atoms with van der Waals surface area (Å²) < 4.78 is 15.2. The summed E-state index contributed by atoms with van der Waals surface area (Å²) in [6.07, 6.45) is 3.91. The molecule has 0 aromatic heterocycles. The Morgan fingerprint density at radius 2 is 1.79 bits per heavy atom. The van der Waals surface area contributed by atoms with Crippen LogP contribution in [0, 0.1) is 40.8 Å². The molecule has 7 rings (SSSR count). The molecule has 0 unspecified atom stereocenters. The van der Waals surface area contributed by atoms with Gasteiger partial charge >= 0.3 is 0 Å². The third-order valence-electron chi connectivity index (χ3n) is 13.2. The molecule has 288 valence electrons. The van der Waals surface area contributed by atoms with Crippen LogP contribution in [0.4, 0.5) is 4.39 Å². The number of hydrogen-bond donors (Lipinski definition) is 4. The number of aliphatic hydroxyl groups excluding tert-OH is 2. The molecule has 9 nitrogen and oxygen atoms in total. The molecule has 0 radical (unpaired) electrons. The van der Waals surface area contributed by atoms with Gasteiger partial charge in [-0.2, -0.15) is 5.06 Å². The van der Waals surface area contributed by atoms with E-state index in [4.69, 9.17) is 4.84 Å². The lowest BCUT2D eigenvalue weighted by Crippen LogP contribution is -2.62. The number of carbonyl (C=O) groups is 1. The topological polar surface area (TPSA) is 109 Å². The zero-order valence-corrected chi connectivity index (χ0v) is 32.2. The van der Waals surface area contributed by atoms with Crippen LogP contribution < -0.4 is 5.32 Å². The second-order valence-corrected chi connectivity index (χ2v) is 17.5. The highest BCUT2D eigenvalue weighted by molar-refractivity contribution is 5.82. The molecule has 3 saturated carbocycles. The van der Waals surface area contributed by atoms with Crippen molar-refractivity contribution in [3.8, 4) is 5.75 Å². The van der Waals surface area contributed by atoms with Crippen LogP contribution in [0.2, 0.25) is 0 Å². The lowest BCUT2D eigenvalue weighted by Gasteiger charge is -2.62. The number of carbonyl (C=O) groups excluding carboxylic acids is 1. The maximum Gasteiger partial charge on any atom is 0.240 e. The number of aromatic hydroxyl groups is 1. The third-order valence-corrected chi connectivity index (χ3v) is 13.2. The summed E-state index contributed by atoms with van der Waals surface area (Å²) in [5, 5.41) is 37.0. The van der Waals surface area contributed by atoms with Crippen LogP contribution in [0.25, 0.3) is 0 Å². The second-order valence-electron chi connectivity index (χ2n) is 17.5. The number of likely N-dealkylation sites (tertiary alicyclic amines) is 1. The summed E-state index contributed by atoms with van der Waals surface area (Å²) >= 11 is 0. The Morgan fingerprint density at radius 3 is 2.42 bits per heavy atom. The van der Waals surface area contributed by atoms with Crippen LogP contribution in [-0.2, 0) is 29.3 Å². The van der Waals surface area contributed by atoms with Crippen molar-refractivity contribution < 1.29 is 29.3 Å². The molecule has 3 aliphatic carbocycles. The van der Waals surface area contributed by atoms with Gasteiger partial charge in [-0.3, -0.25) is 14.5 Å². The minimum absolute atomic E-state index is 0.0341. The number of amides is 1. The fourth-order valence-corrected chi connectivity index (χ4v) is 10.1. The Labute approximate surface area is 310 Å². The van der Waals surface area contributed by atoms with E-state index >= 15 is 4.39 Å². The first-order valence-corrected chi connectivity index (χ1v) is 19.8. The second kappa shape index (κ2) is 16.4. The van der Waals surface area contributed by atoms with Crippen LogP contribution in [0.5, 0.6) is 5.75 Å². The first-order chi connectivity index (χ1) is 24.8. The van der Waals surface area contributed by atoms with Gasteiger partial charge in [0.15, 0.2) is 0 Å². The van der Waals surface area contributed by atoms with Crippen molar-refractivity contribution in [3.05, 3.63) is 65.0 Å². The Hall–Kier alpha value is -2.60. The molecule has 2 saturated heterocycles. The molecule has 2 aliphatic heterocycles. The van der Waals surface area contributed by atoms with Crippen LogP contribution in [0.1, 0.15) is 90.3 Å². The summed E-state index contributed by atoms with van der Waals surface area (Å²) in [4.78, 5) is 25.2. The van der Waals surface area contributed by atoms with Crippen LogP contribution in [0.3, 0.4) is 0 Å². The SMILES string of the molecule is CC(C)C[C@@H](CN1CCCC1)N(Cc1cccc(CN2O[C@@H](CO)[C@@H]([C@H](C)O)[C@H]2C(=O)N[C@H]2C[C@H]3C[C@@H]([C@@H]2C)C3(C)C)c1)Cc1c(O)cccc1F. The minimum Gasteiger partial charge on any atom is -0.508 e. The van der Waals surface area contributed by atoms with Crippen molar-refractivity contribution in [1.29, 1.82) is 0 Å². The van der Waals surface area contributed by atoms with Crippen LogP contribution in [-0.4, -0.2) is 92.7 Å². The number of rotatable bonds is 15. The van der Waals surface area contributed by atoms with E-state index < -0.39 is 30.0 Å². The normalized spacial score (nSPS) is 30.1. The van der Waals surface area contributed by atoms with Crippen molar-refractivity contribution in [1.82, 2.24) is 20.2 Å². The van der Waals surface area contributed by atoms with Crippen molar-refractivity contribution >= 4 is 5.91 Å². The molecular weight excluding hydrogens is 659 g/mol. The van der Waals surface area contributed by atoms with Gasteiger partial charge in [0, 0.05) is 43.2 Å². The molecule has 4 N–H and O–H groups in total. The van der Waals surface area contributed by atoms with E-state index in [0.717, 1.165) is 43.6 Å². The number of nitrogens with one attached hydrogen (secondary N) is 1. The number of aliphatic hydroxyl groups is 2. The summed E-state index contributed by atoms with van der Waals surface area (Å²) in [7, 11) is 0. The highest BCUT2D eigenvalue weighted by Crippen LogP contribution is 2.61. The predicted molar refractivity (Wildman–Crippen MR) is 200 cm³/mol. The Kier molecular flexibility index (Phi) is 12.3. The van der Waals surface area contributed by atoms with E-state index in [-0.39, 0.29) is 36.9 Å². The molecule has 1 amide bonds. The van der Waals surface area contributed by atoms with E-state index in [9.17, 15) is 20.1 Å². The quantitative estimate of drug-likeness (QED) is 0.186. The van der Waals surface area contributed by atoms with E-state index in [1.807, 2.05) is 12.1 Å². The molecule has 2 aromatic carbocycles. The molecule has 2 heterocycles. The summed E-state index contributed by atoms with van der Waals surface area (Å²) in [6, 6.07) is 12.1. The molecule has 5 fully saturated rings. The van der Waals surface area contributed by atoms with E-state index in [2.05, 4.69) is 61.9 Å². The molecule has 0 spiro atoms. The maximum absolute atomic E-state index is 15.2. The number of halogens is 1. The van der Waals surface area contributed by atoms with Crippen molar-refractivity contribution in [2.75, 3.05) is 26.2 Å². The van der Waals surface area contributed by atoms with Gasteiger partial charge in [-0.25, -0.2) is 4.39 Å². The summed E-state index contributed by atoms with van der Waals surface area (Å²) in [6.45, 7) is 16.9. The van der Waals surface area contributed by atoms with Gasteiger partial charge < -0.3 is 25.5 Å². The van der Waals surface area contributed by atoms with Gasteiger partial charge in [-0.15, -0.1) is 0 Å². The average Bonchev–Trinajstić information content (AvgIpc) is 3.74. The van der Waals surface area contributed by atoms with Gasteiger partial charge in [0.05, 0.1) is 19.3 Å². The number of phenols is 1. The molecule has 5 aliphatic rings. The van der Waals surface area contributed by atoms with E-state index in [0.29, 0.717) is 47.7 Å². The Balaban J connectivity index is 1.23. The maximum atomic E-state index is 15.2. The van der Waals surface area contributed by atoms with Gasteiger partial charge in [0.1, 0.15) is 23.7 Å². The predicted octanol–water partition coefficient (Wildman–Crippen LogP) is 5.70. The monoisotopic (exact) mass is 722 g/mol. The fourth-order valence-electron chi connectivity index (χ4n) is 10.1. The highest BCUT2D eigenvalue weighted by Gasteiger charge is 2.57. The smallest absolute Gasteiger partial charge is 0.240 e. The first-order valence-electron chi connectivity index (χ1n) is 19.8. The lowest BCUT2D eigenvalue weighted by molar-refractivity contribution is -0.183. The molecule has 9 atom stereocenters. The standard InChI is InChI=1S/C42H63FN4O5/c1-26(2)17-32(23-45-15-7-8-16-45)46(24-33-35(43)13-10-14-37(33)50)21-29-11-9-12-30(18-29)22-47-40(39(28(4)49)38(25-48)52-47)41(51)44-36-20-31-19-34(27(36)3)42(31,5)6/h9-14,18,26-28,31-32,34,36,38-40,48-50H,7-8,15-17,19-25H2,1-6H3,(H,44,51)/t27-,28-,31+,32-,34-,36-,38-,39+,40-/m0/s1. The van der Waals surface area contributed by atoms with E-state index in [1.54, 1.807) is 18.1 Å². The van der Waals surface area contributed by atoms with Crippen molar-refractivity contribution in [2.45, 2.75) is 124 Å². The number of hydroxylamine groups is 2. The molecule has 10 heteroatoms. The zero-order chi connectivity index (χ0) is 37.3. The first kappa shape index (κ1) is 39.1.